The molecule has 1 fully saturated rings. The highest BCUT2D eigenvalue weighted by molar-refractivity contribution is 5.92. The monoisotopic (exact) mass is 284 g/mol. The highest BCUT2D eigenvalue weighted by Crippen LogP contribution is 2.24. The number of nitrogens with zero attached hydrogens (tertiary/aromatic N) is 3. The molecular formula is C17H24N4. The number of aromatic nitrogens is 1. The number of pyridine rings is 1. The van der Waals surface area contributed by atoms with Gasteiger partial charge in [-0.25, -0.2) is 4.98 Å². The van der Waals surface area contributed by atoms with Crippen molar-refractivity contribution < 1.29 is 0 Å². The zero-order valence-corrected chi connectivity index (χ0v) is 12.7. The van der Waals surface area contributed by atoms with Crippen molar-refractivity contribution in [3.63, 3.8) is 0 Å². The summed E-state index contributed by atoms with van der Waals surface area (Å²) in [5.74, 6) is 1.70. The Kier molecular flexibility index (Phi) is 4.36. The van der Waals surface area contributed by atoms with Crippen molar-refractivity contribution in [2.45, 2.75) is 6.92 Å². The molecule has 0 aliphatic carbocycles. The summed E-state index contributed by atoms with van der Waals surface area (Å²) in [6.45, 7) is 8.36. The molecule has 0 amide bonds. The molecule has 21 heavy (non-hydrogen) atoms. The molecule has 1 atom stereocenters. The van der Waals surface area contributed by atoms with Crippen LogP contribution in [-0.2, 0) is 0 Å². The molecule has 1 aromatic carbocycles. The molecule has 2 heterocycles. The summed E-state index contributed by atoms with van der Waals surface area (Å²) in [6, 6.07) is 10.6. The van der Waals surface area contributed by atoms with Crippen LogP contribution in [0, 0.1) is 5.92 Å². The maximum absolute atomic E-state index is 5.72. The Morgan fingerprint density at radius 3 is 2.67 bits per heavy atom. The zero-order valence-electron chi connectivity index (χ0n) is 12.7. The van der Waals surface area contributed by atoms with E-state index in [1.807, 2.05) is 6.20 Å². The van der Waals surface area contributed by atoms with Gasteiger partial charge < -0.3 is 10.6 Å². The molecule has 1 aliphatic heterocycles. The smallest absolute Gasteiger partial charge is 0.136 e. The minimum Gasteiger partial charge on any atom is -0.354 e. The van der Waals surface area contributed by atoms with Gasteiger partial charge in [0.05, 0.1) is 0 Å². The zero-order chi connectivity index (χ0) is 14.7. The second-order valence-electron chi connectivity index (χ2n) is 5.98. The molecule has 1 unspecified atom stereocenters. The van der Waals surface area contributed by atoms with Gasteiger partial charge in [-0.05, 0) is 23.9 Å². The van der Waals surface area contributed by atoms with E-state index in [4.69, 9.17) is 5.73 Å². The first kappa shape index (κ1) is 14.3. The van der Waals surface area contributed by atoms with Crippen LogP contribution in [0.2, 0.25) is 0 Å². The van der Waals surface area contributed by atoms with Gasteiger partial charge in [0.25, 0.3) is 0 Å². The van der Waals surface area contributed by atoms with Crippen molar-refractivity contribution in [3.8, 4) is 0 Å². The van der Waals surface area contributed by atoms with Crippen molar-refractivity contribution in [2.24, 2.45) is 11.7 Å². The number of benzene rings is 1. The van der Waals surface area contributed by atoms with Gasteiger partial charge in [-0.15, -0.1) is 0 Å². The Hall–Kier alpha value is -1.65. The van der Waals surface area contributed by atoms with Crippen LogP contribution < -0.4 is 10.6 Å². The van der Waals surface area contributed by atoms with Crippen LogP contribution >= 0.6 is 0 Å². The van der Waals surface area contributed by atoms with Gasteiger partial charge in [0.15, 0.2) is 0 Å². The van der Waals surface area contributed by atoms with Crippen molar-refractivity contribution >= 4 is 16.6 Å². The lowest BCUT2D eigenvalue weighted by Gasteiger charge is -2.36. The van der Waals surface area contributed by atoms with E-state index in [-0.39, 0.29) is 0 Å². The van der Waals surface area contributed by atoms with E-state index in [0.717, 1.165) is 45.1 Å². The standard InChI is InChI=1S/C17H24N4/c1-14(12-18)13-20-8-10-21(11-9-20)17-16-5-3-2-4-15(16)6-7-19-17/h2-7,14H,8-13,18H2,1H3. The molecule has 0 saturated carbocycles. The van der Waals surface area contributed by atoms with Crippen LogP contribution in [0.4, 0.5) is 5.82 Å². The van der Waals surface area contributed by atoms with Crippen molar-refractivity contribution in [2.75, 3.05) is 44.2 Å². The highest BCUT2D eigenvalue weighted by atomic mass is 15.3. The van der Waals surface area contributed by atoms with Crippen LogP contribution in [0.1, 0.15) is 6.92 Å². The normalized spacial score (nSPS) is 18.1. The summed E-state index contributed by atoms with van der Waals surface area (Å²) < 4.78 is 0. The fourth-order valence-electron chi connectivity index (χ4n) is 3.01. The Balaban J connectivity index is 1.71. The van der Waals surface area contributed by atoms with Gasteiger partial charge in [-0.2, -0.15) is 0 Å². The summed E-state index contributed by atoms with van der Waals surface area (Å²) in [6.07, 6.45) is 1.92. The van der Waals surface area contributed by atoms with Crippen LogP contribution in [-0.4, -0.2) is 49.2 Å². The maximum atomic E-state index is 5.72. The van der Waals surface area contributed by atoms with E-state index in [2.05, 4.69) is 52.0 Å². The van der Waals surface area contributed by atoms with Crippen molar-refractivity contribution in [1.82, 2.24) is 9.88 Å². The topological polar surface area (TPSA) is 45.4 Å². The second kappa shape index (κ2) is 6.41. The Morgan fingerprint density at radius 1 is 1.14 bits per heavy atom. The molecule has 2 N–H and O–H groups in total. The number of rotatable bonds is 4. The summed E-state index contributed by atoms with van der Waals surface area (Å²) in [5, 5.41) is 2.52. The van der Waals surface area contributed by atoms with Crippen LogP contribution in [0.3, 0.4) is 0 Å². The Labute approximate surface area is 126 Å². The number of nitrogens with two attached hydrogens (primary N) is 1. The molecule has 112 valence electrons. The van der Waals surface area contributed by atoms with Gasteiger partial charge in [0, 0.05) is 44.3 Å². The fourth-order valence-corrected chi connectivity index (χ4v) is 3.01. The summed E-state index contributed by atoms with van der Waals surface area (Å²) in [5.41, 5.74) is 5.72. The fraction of sp³-hybridized carbons (Fsp3) is 0.471. The van der Waals surface area contributed by atoms with E-state index in [9.17, 15) is 0 Å². The molecule has 4 heteroatoms. The molecule has 0 bridgehead atoms. The molecule has 0 spiro atoms. The number of anilines is 1. The van der Waals surface area contributed by atoms with E-state index < -0.39 is 0 Å². The van der Waals surface area contributed by atoms with E-state index in [1.54, 1.807) is 0 Å². The first-order chi connectivity index (χ1) is 10.3. The molecule has 0 radical (unpaired) electrons. The third-order valence-electron chi connectivity index (χ3n) is 4.30. The van der Waals surface area contributed by atoms with Gasteiger partial charge in [0.1, 0.15) is 5.82 Å². The molecule has 2 aromatic rings. The van der Waals surface area contributed by atoms with Gasteiger partial charge >= 0.3 is 0 Å². The van der Waals surface area contributed by atoms with Gasteiger partial charge in [-0.3, -0.25) is 4.90 Å². The number of hydrogen-bond donors (Lipinski definition) is 1. The van der Waals surface area contributed by atoms with Crippen LogP contribution in [0.5, 0.6) is 0 Å². The number of hydrogen-bond acceptors (Lipinski definition) is 4. The molecular weight excluding hydrogens is 260 g/mol. The molecule has 1 aliphatic rings. The van der Waals surface area contributed by atoms with Crippen molar-refractivity contribution in [3.05, 3.63) is 36.5 Å². The average molecular weight is 284 g/mol. The predicted octanol–water partition coefficient (Wildman–Crippen LogP) is 1.95. The lowest BCUT2D eigenvalue weighted by atomic mass is 10.1. The second-order valence-corrected chi connectivity index (χ2v) is 5.98. The lowest BCUT2D eigenvalue weighted by Crippen LogP contribution is -2.48. The lowest BCUT2D eigenvalue weighted by molar-refractivity contribution is 0.227. The number of piperazine rings is 1. The van der Waals surface area contributed by atoms with Crippen LogP contribution in [0.25, 0.3) is 10.8 Å². The molecule has 3 rings (SSSR count). The van der Waals surface area contributed by atoms with Crippen LogP contribution in [0.15, 0.2) is 36.5 Å². The third-order valence-corrected chi connectivity index (χ3v) is 4.30. The van der Waals surface area contributed by atoms with Crippen molar-refractivity contribution in [1.29, 1.82) is 0 Å². The average Bonchev–Trinajstić information content (AvgIpc) is 2.55. The first-order valence-electron chi connectivity index (χ1n) is 7.79. The largest absolute Gasteiger partial charge is 0.354 e. The van der Waals surface area contributed by atoms with E-state index in [0.29, 0.717) is 5.92 Å². The summed E-state index contributed by atoms with van der Waals surface area (Å²) in [4.78, 5) is 9.54. The van der Waals surface area contributed by atoms with E-state index in [1.165, 1.54) is 10.8 Å². The Bertz CT molecular complexity index is 585. The third kappa shape index (κ3) is 3.17. The molecule has 1 aromatic heterocycles. The molecule has 1 saturated heterocycles. The quantitative estimate of drug-likeness (QED) is 0.932. The predicted molar refractivity (Wildman–Crippen MR) is 88.6 cm³/mol. The van der Waals surface area contributed by atoms with Gasteiger partial charge in [-0.1, -0.05) is 31.2 Å². The minimum atomic E-state index is 0.576. The summed E-state index contributed by atoms with van der Waals surface area (Å²) in [7, 11) is 0. The number of fused-ring (bicyclic) bond motifs is 1. The van der Waals surface area contributed by atoms with Gasteiger partial charge in [0.2, 0.25) is 0 Å². The Morgan fingerprint density at radius 2 is 1.90 bits per heavy atom. The van der Waals surface area contributed by atoms with E-state index >= 15 is 0 Å². The minimum absolute atomic E-state index is 0.576. The SMILES string of the molecule is CC(CN)CN1CCN(c2nccc3ccccc23)CC1. The maximum Gasteiger partial charge on any atom is 0.136 e. The highest BCUT2D eigenvalue weighted by Gasteiger charge is 2.20. The summed E-state index contributed by atoms with van der Waals surface area (Å²) >= 11 is 0. The molecule has 4 nitrogen and oxygen atoms in total. The first-order valence-corrected chi connectivity index (χ1v) is 7.79.